The molecule has 4 rings (SSSR count). The Kier molecular flexibility index (Phi) is 9.32. The Bertz CT molecular complexity index is 1200. The number of benzene rings is 2. The second-order valence-electron chi connectivity index (χ2n) is 9.55. The maximum absolute atomic E-state index is 13.2. The molecule has 8 heteroatoms. The fourth-order valence-electron chi connectivity index (χ4n) is 4.93. The third-order valence-electron chi connectivity index (χ3n) is 6.99. The first-order valence-electron chi connectivity index (χ1n) is 12.8. The molecule has 1 aliphatic rings. The molecule has 2 N–H and O–H groups in total. The number of carbonyl (C=O) groups is 2. The maximum Gasteiger partial charge on any atom is 0.331 e. The smallest absolute Gasteiger partial charge is 0.331 e. The van der Waals surface area contributed by atoms with Crippen molar-refractivity contribution in [1.82, 2.24) is 10.3 Å². The Labute approximate surface area is 223 Å². The number of esters is 1. The topological polar surface area (TPSA) is 107 Å². The third-order valence-corrected chi connectivity index (χ3v) is 6.99. The molecule has 0 radical (unpaired) electrons. The molecule has 200 valence electrons. The number of cyclic esters (lactones) is 1. The van der Waals surface area contributed by atoms with Gasteiger partial charge in [0.2, 0.25) is 0 Å². The Morgan fingerprint density at radius 3 is 2.42 bits per heavy atom. The molecule has 0 bridgehead atoms. The van der Waals surface area contributed by atoms with E-state index in [2.05, 4.69) is 34.6 Å². The van der Waals surface area contributed by atoms with Crippen LogP contribution in [-0.4, -0.2) is 54.4 Å². The van der Waals surface area contributed by atoms with Crippen molar-refractivity contribution in [2.24, 2.45) is 11.8 Å². The molecule has 0 unspecified atom stereocenters. The van der Waals surface area contributed by atoms with Crippen molar-refractivity contribution in [2.75, 3.05) is 20.3 Å². The molecule has 8 nitrogen and oxygen atoms in total. The number of hydrogen-bond acceptors (Lipinski definition) is 7. The van der Waals surface area contributed by atoms with Gasteiger partial charge in [0.25, 0.3) is 5.91 Å². The summed E-state index contributed by atoms with van der Waals surface area (Å²) in [4.78, 5) is 30.0. The summed E-state index contributed by atoms with van der Waals surface area (Å²) in [5.74, 6) is -1.46. The molecule has 1 aromatic heterocycles. The van der Waals surface area contributed by atoms with Crippen LogP contribution in [0.25, 0.3) is 0 Å². The Morgan fingerprint density at radius 2 is 1.74 bits per heavy atom. The van der Waals surface area contributed by atoms with Gasteiger partial charge in [-0.25, -0.2) is 9.78 Å². The number of pyridine rings is 1. The lowest BCUT2D eigenvalue weighted by atomic mass is 9.80. The van der Waals surface area contributed by atoms with Crippen LogP contribution in [0.5, 0.6) is 11.5 Å². The van der Waals surface area contributed by atoms with Crippen molar-refractivity contribution in [2.45, 2.75) is 38.3 Å². The summed E-state index contributed by atoms with van der Waals surface area (Å²) >= 11 is 0. The van der Waals surface area contributed by atoms with Gasteiger partial charge < -0.3 is 24.6 Å². The summed E-state index contributed by atoms with van der Waals surface area (Å²) in [7, 11) is 1.38. The molecule has 38 heavy (non-hydrogen) atoms. The molecule has 1 aliphatic heterocycles. The number of nitrogens with zero attached hydrogens (tertiary/aromatic N) is 1. The first kappa shape index (κ1) is 27.1. The number of hydrogen-bond donors (Lipinski definition) is 2. The van der Waals surface area contributed by atoms with Crippen molar-refractivity contribution < 1.29 is 28.9 Å². The van der Waals surface area contributed by atoms with E-state index in [0.29, 0.717) is 6.61 Å². The molecule has 2 aromatic carbocycles. The van der Waals surface area contributed by atoms with Gasteiger partial charge in [-0.3, -0.25) is 4.79 Å². The summed E-state index contributed by atoms with van der Waals surface area (Å²) in [5, 5.41) is 12.9. The quantitative estimate of drug-likeness (QED) is 0.435. The molecule has 0 spiro atoms. The van der Waals surface area contributed by atoms with E-state index in [1.54, 1.807) is 0 Å². The fraction of sp³-hybridized carbons (Fsp3) is 0.367. The molecule has 2 heterocycles. The van der Waals surface area contributed by atoms with Crippen LogP contribution in [0, 0.1) is 11.8 Å². The van der Waals surface area contributed by atoms with E-state index in [1.807, 2.05) is 43.3 Å². The van der Waals surface area contributed by atoms with Crippen LogP contribution >= 0.6 is 0 Å². The van der Waals surface area contributed by atoms with Gasteiger partial charge in [-0.2, -0.15) is 0 Å². The first-order valence-corrected chi connectivity index (χ1v) is 12.8. The second-order valence-corrected chi connectivity index (χ2v) is 9.55. The van der Waals surface area contributed by atoms with Crippen LogP contribution in [0.4, 0.5) is 0 Å². The lowest BCUT2D eigenvalue weighted by molar-refractivity contribution is -0.154. The minimum absolute atomic E-state index is 0.0397. The minimum Gasteiger partial charge on any atom is -0.503 e. The average Bonchev–Trinajstić information content (AvgIpc) is 2.97. The highest BCUT2D eigenvalue weighted by Gasteiger charge is 2.35. The van der Waals surface area contributed by atoms with Crippen molar-refractivity contribution in [3.63, 3.8) is 0 Å². The molecular formula is C30H34N2O6. The highest BCUT2D eigenvalue weighted by Crippen LogP contribution is 2.30. The first-order chi connectivity index (χ1) is 18.5. The zero-order valence-corrected chi connectivity index (χ0v) is 21.7. The number of ether oxygens (including phenoxy) is 3. The van der Waals surface area contributed by atoms with E-state index in [9.17, 15) is 14.7 Å². The molecular weight excluding hydrogens is 484 g/mol. The van der Waals surface area contributed by atoms with E-state index < -0.39 is 29.8 Å². The second kappa shape index (κ2) is 13.1. The molecule has 4 atom stereocenters. The van der Waals surface area contributed by atoms with Crippen LogP contribution < -0.4 is 10.1 Å². The van der Waals surface area contributed by atoms with E-state index >= 15 is 0 Å². The van der Waals surface area contributed by atoms with E-state index in [-0.39, 0.29) is 29.9 Å². The van der Waals surface area contributed by atoms with E-state index in [1.165, 1.54) is 30.5 Å². The summed E-state index contributed by atoms with van der Waals surface area (Å²) < 4.78 is 17.0. The Hall–Kier alpha value is -3.91. The third kappa shape index (κ3) is 6.89. The zero-order valence-electron chi connectivity index (χ0n) is 21.7. The van der Waals surface area contributed by atoms with E-state index in [0.717, 1.165) is 19.3 Å². The van der Waals surface area contributed by atoms with Crippen molar-refractivity contribution in [3.05, 3.63) is 89.7 Å². The van der Waals surface area contributed by atoms with Crippen LogP contribution in [0.3, 0.4) is 0 Å². The average molecular weight is 519 g/mol. The fourth-order valence-corrected chi connectivity index (χ4v) is 4.93. The Balaban J connectivity index is 1.52. The van der Waals surface area contributed by atoms with Crippen molar-refractivity contribution >= 4 is 11.9 Å². The predicted octanol–water partition coefficient (Wildman–Crippen LogP) is 3.96. The van der Waals surface area contributed by atoms with Gasteiger partial charge in [-0.15, -0.1) is 0 Å². The monoisotopic (exact) mass is 518 g/mol. The van der Waals surface area contributed by atoms with Gasteiger partial charge in [0.05, 0.1) is 20.3 Å². The molecule has 0 saturated carbocycles. The van der Waals surface area contributed by atoms with Gasteiger partial charge in [-0.1, -0.05) is 60.7 Å². The number of nitrogens with one attached hydrogen (secondary N) is 1. The maximum atomic E-state index is 13.2. The highest BCUT2D eigenvalue weighted by atomic mass is 16.6. The summed E-state index contributed by atoms with van der Waals surface area (Å²) in [6.07, 6.45) is 3.39. The van der Waals surface area contributed by atoms with Gasteiger partial charge in [0, 0.05) is 18.2 Å². The van der Waals surface area contributed by atoms with Crippen LogP contribution in [0.1, 0.15) is 35.0 Å². The number of rotatable bonds is 8. The molecule has 1 fully saturated rings. The molecule has 0 aliphatic carbocycles. The van der Waals surface area contributed by atoms with Gasteiger partial charge in [-0.05, 0) is 43.2 Å². The lowest BCUT2D eigenvalue weighted by Crippen LogP contribution is -2.46. The minimum atomic E-state index is -1.05. The largest absolute Gasteiger partial charge is 0.503 e. The molecule has 1 amide bonds. The number of aromatic nitrogens is 1. The number of carbonyl (C=O) groups excluding carboxylic acids is 2. The molecule has 3 aromatic rings. The lowest BCUT2D eigenvalue weighted by Gasteiger charge is -2.31. The number of aryl methyl sites for hydroxylation is 1. The highest BCUT2D eigenvalue weighted by molar-refractivity contribution is 5.98. The van der Waals surface area contributed by atoms with Gasteiger partial charge in [0.15, 0.2) is 23.2 Å². The van der Waals surface area contributed by atoms with Crippen LogP contribution in [-0.2, 0) is 27.1 Å². The SMILES string of the molecule is COc1ccnc(C(=O)N[C@H]2COC[C@H](Cc3ccccc3)[C@@H](CCc3ccccc3)[C@H](C)OC2=O)c1O. The summed E-state index contributed by atoms with van der Waals surface area (Å²) in [6.45, 7) is 2.26. The normalized spacial score (nSPS) is 21.9. The van der Waals surface area contributed by atoms with Crippen LogP contribution in [0.15, 0.2) is 72.9 Å². The van der Waals surface area contributed by atoms with Crippen molar-refractivity contribution in [1.29, 1.82) is 0 Å². The predicted molar refractivity (Wildman–Crippen MR) is 142 cm³/mol. The number of amides is 1. The van der Waals surface area contributed by atoms with E-state index in [4.69, 9.17) is 14.2 Å². The summed E-state index contributed by atoms with van der Waals surface area (Å²) in [6, 6.07) is 20.8. The van der Waals surface area contributed by atoms with Gasteiger partial charge >= 0.3 is 5.97 Å². The standard InChI is InChI=1S/C30H34N2O6/c1-20-24(14-13-21-9-5-3-6-10-21)23(17-22-11-7-4-8-12-22)18-37-19-25(30(35)38-20)32-29(34)27-28(33)26(36-2)15-16-31-27/h3-12,15-16,20,23-25,33H,13-14,17-19H2,1-2H3,(H,32,34)/t20-,23-,24-,25-/m0/s1. The zero-order chi connectivity index (χ0) is 26.9. The van der Waals surface area contributed by atoms with Crippen LogP contribution in [0.2, 0.25) is 0 Å². The summed E-state index contributed by atoms with van der Waals surface area (Å²) in [5.41, 5.74) is 2.17. The number of aromatic hydroxyl groups is 1. The van der Waals surface area contributed by atoms with Gasteiger partial charge in [0.1, 0.15) is 6.10 Å². The Morgan fingerprint density at radius 1 is 1.05 bits per heavy atom. The number of methoxy groups -OCH3 is 1. The molecule has 1 saturated heterocycles. The van der Waals surface area contributed by atoms with Crippen molar-refractivity contribution in [3.8, 4) is 11.5 Å².